The molecule has 2 amide bonds. The number of carbonyl (C=O) groups is 2. The van der Waals surface area contributed by atoms with Gasteiger partial charge in [-0.1, -0.05) is 12.2 Å². The van der Waals surface area contributed by atoms with Crippen molar-refractivity contribution in [3.05, 3.63) is 23.3 Å². The number of rotatable bonds is 13. The van der Waals surface area contributed by atoms with Crippen LogP contribution < -0.4 is 0 Å². The molecule has 0 N–H and O–H groups in total. The van der Waals surface area contributed by atoms with Crippen LogP contribution in [0.25, 0.3) is 0 Å². The van der Waals surface area contributed by atoms with Gasteiger partial charge in [0.15, 0.2) is 0 Å². The number of nitrogens with zero attached hydrogens (tertiary/aromatic N) is 4. The van der Waals surface area contributed by atoms with E-state index < -0.39 is 0 Å². The highest BCUT2D eigenvalue weighted by atomic mass is 16.2. The third kappa shape index (κ3) is 7.94. The van der Waals surface area contributed by atoms with Gasteiger partial charge in [-0.2, -0.15) is 0 Å². The maximum Gasteiger partial charge on any atom is 0.255 e. The summed E-state index contributed by atoms with van der Waals surface area (Å²) >= 11 is 0. The van der Waals surface area contributed by atoms with Crippen LogP contribution in [0, 0.1) is 0 Å². The average molecular weight is 477 g/mol. The standard InChI is InChI=1S/C28H52N4O2/c1-7-29(8-2)27(33)25-17-15-21-31(5,23-25)19-13-11-12-14-20-32(6)22-16-18-26(24-32)28(34)30(9-3)10-4/h17-18H,7-16,19-24H2,1-6H3/q+2/t31-,32-/m1/s1. The molecule has 0 unspecified atom stereocenters. The first kappa shape index (κ1) is 28.6. The molecular weight excluding hydrogens is 424 g/mol. The predicted octanol–water partition coefficient (Wildman–Crippen LogP) is 3.84. The summed E-state index contributed by atoms with van der Waals surface area (Å²) in [4.78, 5) is 29.5. The lowest BCUT2D eigenvalue weighted by Crippen LogP contribution is -2.51. The summed E-state index contributed by atoms with van der Waals surface area (Å²) in [5.74, 6) is 0.473. The monoisotopic (exact) mass is 476 g/mol. The molecule has 2 rings (SSSR count). The van der Waals surface area contributed by atoms with Gasteiger partial charge >= 0.3 is 0 Å². The molecule has 0 aliphatic carbocycles. The Kier molecular flexibility index (Phi) is 11.3. The summed E-state index contributed by atoms with van der Waals surface area (Å²) in [7, 11) is 4.65. The number of quaternary nitrogens is 2. The van der Waals surface area contributed by atoms with Gasteiger partial charge in [0, 0.05) is 39.0 Å². The zero-order chi connectivity index (χ0) is 25.2. The summed E-state index contributed by atoms with van der Waals surface area (Å²) in [5.41, 5.74) is 2.03. The van der Waals surface area contributed by atoms with Crippen LogP contribution in [0.15, 0.2) is 23.3 Å². The second-order valence-electron chi connectivity index (χ2n) is 10.9. The van der Waals surface area contributed by atoms with Gasteiger partial charge in [-0.15, -0.1) is 0 Å². The SMILES string of the molecule is CCN(CC)C(=O)C1=CCC[N@@+](C)(CCCCCC[N@+]2(C)CCC=C(C(=O)N(CC)CC)C2)C1. The van der Waals surface area contributed by atoms with Crippen molar-refractivity contribution in [1.29, 1.82) is 0 Å². The van der Waals surface area contributed by atoms with Crippen LogP contribution in [0.1, 0.15) is 66.2 Å². The summed E-state index contributed by atoms with van der Waals surface area (Å²) in [6.45, 7) is 17.7. The number of hydrogen-bond acceptors (Lipinski definition) is 2. The molecular formula is C28H52N4O2+2. The van der Waals surface area contributed by atoms with E-state index in [1.807, 2.05) is 9.80 Å². The van der Waals surface area contributed by atoms with E-state index in [-0.39, 0.29) is 11.8 Å². The highest BCUT2D eigenvalue weighted by Gasteiger charge is 2.32. The first-order chi connectivity index (χ1) is 16.2. The van der Waals surface area contributed by atoms with Crippen molar-refractivity contribution in [3.8, 4) is 0 Å². The number of hydrogen-bond donors (Lipinski definition) is 0. The Balaban J connectivity index is 1.73. The maximum absolute atomic E-state index is 12.8. The maximum atomic E-state index is 12.8. The lowest BCUT2D eigenvalue weighted by molar-refractivity contribution is -0.906. The first-order valence-corrected chi connectivity index (χ1v) is 13.8. The third-order valence-electron chi connectivity index (χ3n) is 8.02. The Morgan fingerprint density at radius 1 is 0.676 bits per heavy atom. The van der Waals surface area contributed by atoms with Gasteiger partial charge in [-0.05, 0) is 53.4 Å². The van der Waals surface area contributed by atoms with Gasteiger partial charge in [0.2, 0.25) is 0 Å². The highest BCUT2D eigenvalue weighted by molar-refractivity contribution is 5.94. The minimum absolute atomic E-state index is 0.237. The van der Waals surface area contributed by atoms with E-state index in [1.54, 1.807) is 0 Å². The van der Waals surface area contributed by atoms with E-state index in [1.165, 1.54) is 25.7 Å². The Labute approximate surface area is 209 Å². The number of amides is 2. The van der Waals surface area contributed by atoms with Gasteiger partial charge in [-0.25, -0.2) is 0 Å². The fourth-order valence-electron chi connectivity index (χ4n) is 5.67. The molecule has 0 aromatic heterocycles. The van der Waals surface area contributed by atoms with Gasteiger partial charge in [0.05, 0.1) is 51.4 Å². The second kappa shape index (κ2) is 13.4. The van der Waals surface area contributed by atoms with Crippen molar-refractivity contribution in [2.45, 2.75) is 66.2 Å². The zero-order valence-electron chi connectivity index (χ0n) is 23.1. The van der Waals surface area contributed by atoms with Crippen molar-refractivity contribution in [3.63, 3.8) is 0 Å². The zero-order valence-corrected chi connectivity index (χ0v) is 23.1. The molecule has 2 heterocycles. The lowest BCUT2D eigenvalue weighted by Gasteiger charge is -2.39. The van der Waals surface area contributed by atoms with Crippen LogP contribution in [0.2, 0.25) is 0 Å². The molecule has 2 aliphatic rings. The average Bonchev–Trinajstić information content (AvgIpc) is 2.82. The molecule has 6 heteroatoms. The van der Waals surface area contributed by atoms with Crippen molar-refractivity contribution in [2.24, 2.45) is 0 Å². The van der Waals surface area contributed by atoms with Crippen LogP contribution in [-0.4, -0.2) is 110 Å². The second-order valence-corrected chi connectivity index (χ2v) is 10.9. The predicted molar refractivity (Wildman–Crippen MR) is 141 cm³/mol. The molecule has 0 saturated carbocycles. The normalized spacial score (nSPS) is 24.9. The number of unbranched alkanes of at least 4 members (excludes halogenated alkanes) is 3. The van der Waals surface area contributed by atoms with Gasteiger partial charge in [0.25, 0.3) is 11.8 Å². The van der Waals surface area contributed by atoms with Gasteiger partial charge in [0.1, 0.15) is 13.1 Å². The topological polar surface area (TPSA) is 40.6 Å². The smallest absolute Gasteiger partial charge is 0.255 e. The molecule has 0 bridgehead atoms. The fraction of sp³-hybridized carbons (Fsp3) is 0.786. The van der Waals surface area contributed by atoms with Gasteiger partial charge in [-0.3, -0.25) is 9.59 Å². The fourth-order valence-corrected chi connectivity index (χ4v) is 5.67. The van der Waals surface area contributed by atoms with E-state index >= 15 is 0 Å². The lowest BCUT2D eigenvalue weighted by atomic mass is 10.0. The van der Waals surface area contributed by atoms with Crippen molar-refractivity contribution < 1.29 is 18.6 Å². The van der Waals surface area contributed by atoms with E-state index in [9.17, 15) is 9.59 Å². The van der Waals surface area contributed by atoms with E-state index in [2.05, 4.69) is 53.9 Å². The van der Waals surface area contributed by atoms with E-state index in [0.29, 0.717) is 0 Å². The first-order valence-electron chi connectivity index (χ1n) is 13.8. The van der Waals surface area contributed by atoms with E-state index in [4.69, 9.17) is 0 Å². The van der Waals surface area contributed by atoms with Crippen LogP contribution in [-0.2, 0) is 9.59 Å². The van der Waals surface area contributed by atoms with Crippen molar-refractivity contribution in [2.75, 3.05) is 79.5 Å². The Morgan fingerprint density at radius 3 is 1.35 bits per heavy atom. The highest BCUT2D eigenvalue weighted by Crippen LogP contribution is 2.22. The minimum Gasteiger partial charge on any atom is -0.339 e. The molecule has 0 radical (unpaired) electrons. The van der Waals surface area contributed by atoms with E-state index in [0.717, 1.165) is 98.4 Å². The number of likely N-dealkylation sites (N-methyl/N-ethyl adjacent to an activating group) is 4. The molecule has 0 fully saturated rings. The largest absolute Gasteiger partial charge is 0.339 e. The Bertz CT molecular complexity index is 677. The summed E-state index contributed by atoms with van der Waals surface area (Å²) in [6, 6.07) is 0. The number of carbonyl (C=O) groups excluding carboxylic acids is 2. The Hall–Kier alpha value is -1.66. The minimum atomic E-state index is 0.237. The third-order valence-corrected chi connectivity index (χ3v) is 8.02. The quantitative estimate of drug-likeness (QED) is 0.299. The molecule has 6 nitrogen and oxygen atoms in total. The molecule has 0 aromatic rings. The van der Waals surface area contributed by atoms with Crippen LogP contribution in [0.5, 0.6) is 0 Å². The van der Waals surface area contributed by atoms with Crippen LogP contribution >= 0.6 is 0 Å². The molecule has 34 heavy (non-hydrogen) atoms. The summed E-state index contributed by atoms with van der Waals surface area (Å²) < 4.78 is 1.99. The summed E-state index contributed by atoms with van der Waals surface area (Å²) in [5, 5.41) is 0. The molecule has 0 saturated heterocycles. The van der Waals surface area contributed by atoms with Crippen LogP contribution in [0.4, 0.5) is 0 Å². The Morgan fingerprint density at radius 2 is 1.03 bits per heavy atom. The molecule has 194 valence electrons. The molecule has 0 spiro atoms. The molecule has 0 aromatic carbocycles. The molecule has 2 atom stereocenters. The van der Waals surface area contributed by atoms with Crippen molar-refractivity contribution >= 4 is 11.8 Å². The van der Waals surface area contributed by atoms with Crippen molar-refractivity contribution in [1.82, 2.24) is 9.80 Å². The molecule has 2 aliphatic heterocycles. The summed E-state index contributed by atoms with van der Waals surface area (Å²) in [6.07, 6.45) is 11.3. The van der Waals surface area contributed by atoms with Gasteiger partial charge < -0.3 is 18.8 Å². The van der Waals surface area contributed by atoms with Crippen LogP contribution in [0.3, 0.4) is 0 Å².